The van der Waals surface area contributed by atoms with E-state index >= 15 is 0 Å². The quantitative estimate of drug-likeness (QED) is 0.695. The molecule has 132 valence electrons. The summed E-state index contributed by atoms with van der Waals surface area (Å²) in [5.74, 6) is -0.412. The number of hydrogen-bond acceptors (Lipinski definition) is 5. The summed E-state index contributed by atoms with van der Waals surface area (Å²) in [6.45, 7) is 0.664. The number of thioether (sulfide) groups is 1. The zero-order chi connectivity index (χ0) is 18.3. The molecule has 1 aliphatic rings. The molecule has 2 N–H and O–H groups in total. The van der Waals surface area contributed by atoms with Gasteiger partial charge in [-0.2, -0.15) is 0 Å². The van der Waals surface area contributed by atoms with Gasteiger partial charge in [-0.3, -0.25) is 9.59 Å². The maximum absolute atomic E-state index is 12.9. The van der Waals surface area contributed by atoms with Crippen molar-refractivity contribution < 1.29 is 14.6 Å². The van der Waals surface area contributed by atoms with Gasteiger partial charge in [0.2, 0.25) is 0 Å². The normalized spacial score (nSPS) is 12.7. The molecule has 26 heavy (non-hydrogen) atoms. The van der Waals surface area contributed by atoms with Crippen molar-refractivity contribution in [2.24, 2.45) is 0 Å². The molecule has 0 fully saturated rings. The second kappa shape index (κ2) is 6.42. The fourth-order valence-electron chi connectivity index (χ4n) is 3.12. The molecule has 0 saturated carbocycles. The van der Waals surface area contributed by atoms with Crippen LogP contribution < -0.4 is 15.6 Å². The Bertz CT molecular complexity index is 1080. The Morgan fingerprint density at radius 2 is 2.04 bits per heavy atom. The molecule has 0 atom stereocenters. The summed E-state index contributed by atoms with van der Waals surface area (Å²) in [6, 6.07) is 12.4. The molecule has 0 spiro atoms. The van der Waals surface area contributed by atoms with Crippen LogP contribution in [0.15, 0.2) is 52.2 Å². The fraction of sp³-hybridized carbons (Fsp3) is 0.158. The summed E-state index contributed by atoms with van der Waals surface area (Å²) in [5.41, 5.74) is 0.294. The molecule has 6 nitrogen and oxygen atoms in total. The third-order valence-corrected chi connectivity index (χ3v) is 5.04. The van der Waals surface area contributed by atoms with Gasteiger partial charge >= 0.3 is 0 Å². The molecule has 1 aromatic heterocycles. The first kappa shape index (κ1) is 16.5. The third kappa shape index (κ3) is 2.61. The standard InChI is InChI=1S/C19H16N2O4S/c1-26-12-9-13-16-14(10-12)25-8-7-21(16)19(24)15(17(13)22)18(23)20-11-5-3-2-4-6-11/h2-6,9-10,22H,7-8H2,1H3,(H,20,23). The van der Waals surface area contributed by atoms with E-state index in [1.165, 1.54) is 16.3 Å². The number of anilines is 1. The van der Waals surface area contributed by atoms with Crippen LogP contribution in [-0.2, 0) is 6.54 Å². The van der Waals surface area contributed by atoms with Crippen molar-refractivity contribution in [1.82, 2.24) is 4.57 Å². The van der Waals surface area contributed by atoms with E-state index in [0.29, 0.717) is 35.5 Å². The zero-order valence-electron chi connectivity index (χ0n) is 14.0. The molecule has 1 amide bonds. The van der Waals surface area contributed by atoms with Gasteiger partial charge in [0.25, 0.3) is 11.5 Å². The van der Waals surface area contributed by atoms with Crippen LogP contribution in [0.2, 0.25) is 0 Å². The molecule has 0 aliphatic carbocycles. The van der Waals surface area contributed by atoms with Gasteiger partial charge in [0.15, 0.2) is 0 Å². The molecule has 3 aromatic rings. The minimum atomic E-state index is -0.632. The lowest BCUT2D eigenvalue weighted by atomic mass is 10.1. The summed E-state index contributed by atoms with van der Waals surface area (Å²) >= 11 is 1.49. The number of pyridine rings is 1. The van der Waals surface area contributed by atoms with Gasteiger partial charge in [0.05, 0.1) is 12.1 Å². The van der Waals surface area contributed by atoms with Crippen LogP contribution in [0.1, 0.15) is 10.4 Å². The second-order valence-electron chi connectivity index (χ2n) is 5.87. The van der Waals surface area contributed by atoms with Crippen LogP contribution in [0.4, 0.5) is 5.69 Å². The van der Waals surface area contributed by atoms with E-state index in [-0.39, 0.29) is 11.3 Å². The number of nitrogens with one attached hydrogen (secondary N) is 1. The van der Waals surface area contributed by atoms with Gasteiger partial charge < -0.3 is 19.7 Å². The first-order valence-corrected chi connectivity index (χ1v) is 9.29. The van der Waals surface area contributed by atoms with E-state index in [0.717, 1.165) is 4.90 Å². The predicted octanol–water partition coefficient (Wildman–Crippen LogP) is 3.07. The maximum Gasteiger partial charge on any atom is 0.267 e. The number of nitrogens with zero attached hydrogens (tertiary/aromatic N) is 1. The van der Waals surface area contributed by atoms with Crippen molar-refractivity contribution in [2.45, 2.75) is 11.4 Å². The van der Waals surface area contributed by atoms with Crippen LogP contribution in [-0.4, -0.2) is 28.4 Å². The minimum Gasteiger partial charge on any atom is -0.506 e. The number of rotatable bonds is 3. The van der Waals surface area contributed by atoms with Gasteiger partial charge in [-0.15, -0.1) is 11.8 Å². The van der Waals surface area contributed by atoms with E-state index in [1.54, 1.807) is 30.3 Å². The molecule has 2 aromatic carbocycles. The average molecular weight is 368 g/mol. The van der Waals surface area contributed by atoms with Crippen molar-refractivity contribution in [1.29, 1.82) is 0 Å². The Morgan fingerprint density at radius 1 is 1.27 bits per heavy atom. The number of aromatic hydroxyl groups is 1. The molecule has 2 heterocycles. The number of benzene rings is 2. The zero-order valence-corrected chi connectivity index (χ0v) is 14.8. The average Bonchev–Trinajstić information content (AvgIpc) is 2.66. The van der Waals surface area contributed by atoms with Crippen molar-refractivity contribution in [3.05, 3.63) is 58.4 Å². The molecule has 7 heteroatoms. The number of amides is 1. The van der Waals surface area contributed by atoms with E-state index in [2.05, 4.69) is 5.32 Å². The summed E-state index contributed by atoms with van der Waals surface area (Å²) in [5, 5.41) is 13.8. The van der Waals surface area contributed by atoms with Gasteiger partial charge in [-0.25, -0.2) is 0 Å². The molecule has 1 aliphatic heterocycles. The molecule has 0 radical (unpaired) electrons. The van der Waals surface area contributed by atoms with E-state index < -0.39 is 11.5 Å². The van der Waals surface area contributed by atoms with Crippen molar-refractivity contribution in [2.75, 3.05) is 18.2 Å². The maximum atomic E-state index is 12.9. The smallest absolute Gasteiger partial charge is 0.267 e. The van der Waals surface area contributed by atoms with Crippen molar-refractivity contribution in [3.63, 3.8) is 0 Å². The van der Waals surface area contributed by atoms with E-state index in [1.807, 2.05) is 18.4 Å². The summed E-state index contributed by atoms with van der Waals surface area (Å²) < 4.78 is 7.16. The molecular weight excluding hydrogens is 352 g/mol. The fourth-order valence-corrected chi connectivity index (χ4v) is 3.58. The van der Waals surface area contributed by atoms with E-state index in [9.17, 15) is 14.7 Å². The molecule has 0 bridgehead atoms. The SMILES string of the molecule is CSc1cc2c3c(c1)c(O)c(C(=O)Nc1ccccc1)c(=O)n3CCO2. The Kier molecular flexibility index (Phi) is 4.08. The first-order chi connectivity index (χ1) is 12.6. The highest BCUT2D eigenvalue weighted by Gasteiger charge is 2.26. The van der Waals surface area contributed by atoms with Gasteiger partial charge in [0.1, 0.15) is 23.7 Å². The topological polar surface area (TPSA) is 80.6 Å². The minimum absolute atomic E-state index is 0.257. The second-order valence-corrected chi connectivity index (χ2v) is 6.75. The molecule has 4 rings (SSSR count). The molecule has 0 saturated heterocycles. The summed E-state index contributed by atoms with van der Waals surface area (Å²) in [7, 11) is 0. The molecular formula is C19H16N2O4S. The lowest BCUT2D eigenvalue weighted by Crippen LogP contribution is -2.33. The van der Waals surface area contributed by atoms with Gasteiger partial charge in [0, 0.05) is 16.0 Å². The number of hydrogen-bond donors (Lipinski definition) is 2. The van der Waals surface area contributed by atoms with Crippen LogP contribution in [0.5, 0.6) is 11.5 Å². The largest absolute Gasteiger partial charge is 0.506 e. The Labute approximate surface area is 153 Å². The highest BCUT2D eigenvalue weighted by atomic mass is 32.2. The number of carbonyl (C=O) groups excluding carboxylic acids is 1. The van der Waals surface area contributed by atoms with Crippen LogP contribution >= 0.6 is 11.8 Å². The van der Waals surface area contributed by atoms with Gasteiger partial charge in [-0.1, -0.05) is 18.2 Å². The number of para-hydroxylation sites is 1. The lowest BCUT2D eigenvalue weighted by Gasteiger charge is -2.22. The highest BCUT2D eigenvalue weighted by molar-refractivity contribution is 7.98. The number of ether oxygens (including phenoxy) is 1. The van der Waals surface area contributed by atoms with Gasteiger partial charge in [-0.05, 0) is 30.5 Å². The van der Waals surface area contributed by atoms with Crippen LogP contribution in [0.25, 0.3) is 10.9 Å². The summed E-state index contributed by atoms with van der Waals surface area (Å²) in [4.78, 5) is 26.5. The highest BCUT2D eigenvalue weighted by Crippen LogP contribution is 2.38. The van der Waals surface area contributed by atoms with E-state index in [4.69, 9.17) is 4.74 Å². The Morgan fingerprint density at radius 3 is 2.77 bits per heavy atom. The van der Waals surface area contributed by atoms with Crippen molar-refractivity contribution in [3.8, 4) is 11.5 Å². The number of carbonyl (C=O) groups is 1. The van der Waals surface area contributed by atoms with Crippen LogP contribution in [0.3, 0.4) is 0 Å². The number of aromatic nitrogens is 1. The lowest BCUT2D eigenvalue weighted by molar-refractivity contribution is 0.102. The third-order valence-electron chi connectivity index (χ3n) is 4.34. The van der Waals surface area contributed by atoms with Crippen molar-refractivity contribution >= 4 is 34.3 Å². The van der Waals surface area contributed by atoms with Crippen LogP contribution in [0, 0.1) is 0 Å². The summed E-state index contributed by atoms with van der Waals surface area (Å²) in [6.07, 6.45) is 1.91. The predicted molar refractivity (Wildman–Crippen MR) is 102 cm³/mol. The molecule has 0 unspecified atom stereocenters. The Hall–Kier alpha value is -2.93. The Balaban J connectivity index is 1.93. The first-order valence-electron chi connectivity index (χ1n) is 8.07. The monoisotopic (exact) mass is 368 g/mol.